The highest BCUT2D eigenvalue weighted by molar-refractivity contribution is 7.91. The Labute approximate surface area is 314 Å². The molecule has 0 unspecified atom stereocenters. The summed E-state index contributed by atoms with van der Waals surface area (Å²) in [7, 11) is -3.81. The second-order valence-corrected chi connectivity index (χ2v) is 15.4. The highest BCUT2D eigenvalue weighted by atomic mass is 35.5. The number of rotatable bonds is 15. The first-order valence-corrected chi connectivity index (χ1v) is 19.4. The van der Waals surface area contributed by atoms with Gasteiger partial charge in [0.15, 0.2) is 21.5 Å². The van der Waals surface area contributed by atoms with E-state index in [1.165, 1.54) is 0 Å². The molecule has 0 aromatic heterocycles. The maximum atomic E-state index is 14.6. The third-order valence-corrected chi connectivity index (χ3v) is 11.2. The summed E-state index contributed by atoms with van der Waals surface area (Å²) in [4.78, 5) is 19.8. The van der Waals surface area contributed by atoms with Gasteiger partial charge in [0.05, 0.1) is 17.3 Å². The molecular weight excluding hydrogens is 719 g/mol. The smallest absolute Gasteiger partial charge is 0.252 e. The molecule has 8 nitrogen and oxygen atoms in total. The topological polar surface area (TPSA) is 114 Å². The molecule has 268 valence electrons. The first-order valence-electron chi connectivity index (χ1n) is 16.9. The van der Waals surface area contributed by atoms with Gasteiger partial charge in [0.2, 0.25) is 5.90 Å². The molecule has 1 aliphatic heterocycles. The third kappa shape index (κ3) is 8.68. The molecule has 11 heteroatoms. The van der Waals surface area contributed by atoms with Crippen molar-refractivity contribution in [3.05, 3.63) is 154 Å². The number of sulfone groups is 1. The van der Waals surface area contributed by atoms with Gasteiger partial charge in [-0.15, -0.1) is 0 Å². The van der Waals surface area contributed by atoms with E-state index in [4.69, 9.17) is 42.8 Å². The Hall–Kier alpha value is -4.67. The number of halogens is 2. The minimum Gasteiger partial charge on any atom is -0.494 e. The van der Waals surface area contributed by atoms with Crippen molar-refractivity contribution < 1.29 is 27.8 Å². The van der Waals surface area contributed by atoms with Crippen LogP contribution in [0.2, 0.25) is 10.0 Å². The summed E-state index contributed by atoms with van der Waals surface area (Å²) in [5, 5.41) is 13.1. The van der Waals surface area contributed by atoms with Crippen LogP contribution >= 0.6 is 23.2 Å². The second kappa shape index (κ2) is 16.8. The highest BCUT2D eigenvalue weighted by Gasteiger charge is 2.53. The molecule has 1 amide bonds. The fourth-order valence-electron chi connectivity index (χ4n) is 6.08. The lowest BCUT2D eigenvalue weighted by atomic mass is 9.84. The summed E-state index contributed by atoms with van der Waals surface area (Å²) in [5.74, 6) is -0.0317. The fourth-order valence-corrected chi connectivity index (χ4v) is 7.97. The number of aliphatic imine (C=N–C) groups is 1. The summed E-state index contributed by atoms with van der Waals surface area (Å²) >= 11 is 12.5. The SMILES string of the molecule is O=C(NCCc1ccc(Cl)cc1Cl)[C@]1(CCS(=O)(=O)c2ccccc2)N=C(c2ccc(OCCCO)cc2)O[C@@H]1c1ccc(-c2ccccc2)cc1. The van der Waals surface area contributed by atoms with Gasteiger partial charge in [0.25, 0.3) is 5.91 Å². The van der Waals surface area contributed by atoms with Gasteiger partial charge in [-0.25, -0.2) is 13.4 Å². The van der Waals surface area contributed by atoms with Crippen LogP contribution < -0.4 is 10.1 Å². The van der Waals surface area contributed by atoms with E-state index < -0.39 is 27.4 Å². The molecule has 5 aromatic carbocycles. The van der Waals surface area contributed by atoms with Crippen molar-refractivity contribution in [1.82, 2.24) is 5.32 Å². The quantitative estimate of drug-likeness (QED) is 0.105. The van der Waals surface area contributed by atoms with E-state index in [0.29, 0.717) is 46.4 Å². The number of aliphatic hydroxyl groups excluding tert-OH is 1. The number of benzene rings is 5. The number of carbonyl (C=O) groups is 1. The minimum atomic E-state index is -3.81. The van der Waals surface area contributed by atoms with Crippen molar-refractivity contribution in [2.45, 2.75) is 35.8 Å². The Bertz CT molecular complexity index is 2110. The van der Waals surface area contributed by atoms with Crippen LogP contribution in [0.5, 0.6) is 5.75 Å². The zero-order valence-corrected chi connectivity index (χ0v) is 30.6. The van der Waals surface area contributed by atoms with E-state index in [1.54, 1.807) is 66.7 Å². The van der Waals surface area contributed by atoms with Gasteiger partial charge in [-0.2, -0.15) is 0 Å². The van der Waals surface area contributed by atoms with E-state index in [1.807, 2.05) is 60.7 Å². The van der Waals surface area contributed by atoms with Crippen LogP contribution in [-0.4, -0.2) is 56.4 Å². The molecule has 6 rings (SSSR count). The molecule has 0 spiro atoms. The maximum absolute atomic E-state index is 14.6. The molecule has 2 atom stereocenters. The molecule has 1 heterocycles. The van der Waals surface area contributed by atoms with Gasteiger partial charge < -0.3 is 19.9 Å². The predicted octanol–water partition coefficient (Wildman–Crippen LogP) is 7.90. The third-order valence-electron chi connectivity index (χ3n) is 8.90. The van der Waals surface area contributed by atoms with E-state index in [2.05, 4.69) is 5.32 Å². The summed E-state index contributed by atoms with van der Waals surface area (Å²) < 4.78 is 39.7. The molecule has 0 bridgehead atoms. The normalized spacial score (nSPS) is 16.9. The van der Waals surface area contributed by atoms with Crippen LogP contribution in [-0.2, 0) is 25.8 Å². The molecule has 1 aliphatic rings. The Balaban J connectivity index is 1.38. The minimum absolute atomic E-state index is 0.0212. The van der Waals surface area contributed by atoms with Crippen LogP contribution in [0, 0.1) is 0 Å². The Morgan fingerprint density at radius 3 is 2.17 bits per heavy atom. The molecule has 0 aliphatic carbocycles. The lowest BCUT2D eigenvalue weighted by Crippen LogP contribution is -2.49. The van der Waals surface area contributed by atoms with Gasteiger partial charge >= 0.3 is 0 Å². The highest BCUT2D eigenvalue weighted by Crippen LogP contribution is 2.43. The van der Waals surface area contributed by atoms with Gasteiger partial charge in [-0.1, -0.05) is 102 Å². The number of ether oxygens (including phenoxy) is 2. The van der Waals surface area contributed by atoms with Crippen molar-refractivity contribution in [2.75, 3.05) is 25.5 Å². The molecular formula is C41H38Cl2N2O6S. The summed E-state index contributed by atoms with van der Waals surface area (Å²) in [6.45, 7) is 0.583. The van der Waals surface area contributed by atoms with Crippen LogP contribution in [0.1, 0.15) is 35.6 Å². The zero-order chi connectivity index (χ0) is 36.6. The van der Waals surface area contributed by atoms with E-state index in [-0.39, 0.29) is 36.1 Å². The number of amides is 1. The van der Waals surface area contributed by atoms with Gasteiger partial charge in [0, 0.05) is 41.6 Å². The number of aliphatic hydroxyl groups is 1. The summed E-state index contributed by atoms with van der Waals surface area (Å²) in [6.07, 6.45) is -0.214. The Morgan fingerprint density at radius 2 is 1.50 bits per heavy atom. The van der Waals surface area contributed by atoms with Crippen LogP contribution in [0.3, 0.4) is 0 Å². The number of hydrogen-bond donors (Lipinski definition) is 2. The van der Waals surface area contributed by atoms with Gasteiger partial charge in [-0.05, 0) is 77.2 Å². The molecule has 5 aromatic rings. The standard InChI is InChI=1S/C41H38Cl2N2O6S/c42-34-19-16-31(37(43)28-34)22-24-44-40(47)41(23-27-52(48,49)36-10-5-2-6-11-36)38(32-14-12-30(13-15-32)29-8-3-1-4-9-29)51-39(45-41)33-17-20-35(21-18-33)50-26-7-25-46/h1-6,8-21,28,38,46H,7,22-27H2,(H,44,47)/t38-,41-/m1/s1. The van der Waals surface area contributed by atoms with Crippen LogP contribution in [0.15, 0.2) is 137 Å². The van der Waals surface area contributed by atoms with Gasteiger partial charge in [-0.3, -0.25) is 4.79 Å². The van der Waals surface area contributed by atoms with Crippen molar-refractivity contribution in [3.8, 4) is 16.9 Å². The predicted molar refractivity (Wildman–Crippen MR) is 205 cm³/mol. The van der Waals surface area contributed by atoms with Crippen molar-refractivity contribution in [1.29, 1.82) is 0 Å². The Morgan fingerprint density at radius 1 is 0.846 bits per heavy atom. The largest absolute Gasteiger partial charge is 0.494 e. The van der Waals surface area contributed by atoms with Crippen molar-refractivity contribution in [2.24, 2.45) is 4.99 Å². The second-order valence-electron chi connectivity index (χ2n) is 12.4. The lowest BCUT2D eigenvalue weighted by Gasteiger charge is -2.31. The average molecular weight is 758 g/mol. The van der Waals surface area contributed by atoms with E-state index in [0.717, 1.165) is 16.7 Å². The zero-order valence-electron chi connectivity index (χ0n) is 28.3. The van der Waals surface area contributed by atoms with Crippen molar-refractivity contribution >= 4 is 44.8 Å². The average Bonchev–Trinajstić information content (AvgIpc) is 3.57. The molecule has 0 saturated carbocycles. The molecule has 52 heavy (non-hydrogen) atoms. The monoisotopic (exact) mass is 756 g/mol. The number of carbonyl (C=O) groups excluding carboxylic acids is 1. The summed E-state index contributed by atoms with van der Waals surface area (Å²) in [5.41, 5.74) is 2.39. The van der Waals surface area contributed by atoms with Crippen LogP contribution in [0.4, 0.5) is 0 Å². The van der Waals surface area contributed by atoms with Gasteiger partial charge in [0.1, 0.15) is 5.75 Å². The molecule has 0 fully saturated rings. The molecule has 0 saturated heterocycles. The molecule has 0 radical (unpaired) electrons. The Kier molecular flexibility index (Phi) is 12.0. The number of nitrogens with one attached hydrogen (secondary N) is 1. The maximum Gasteiger partial charge on any atom is 0.252 e. The first-order chi connectivity index (χ1) is 25.2. The molecule has 2 N–H and O–H groups in total. The van der Waals surface area contributed by atoms with E-state index in [9.17, 15) is 13.2 Å². The summed E-state index contributed by atoms with van der Waals surface area (Å²) in [6, 6.07) is 38.0. The first kappa shape index (κ1) is 37.1. The number of nitrogens with zero attached hydrogens (tertiary/aromatic N) is 1. The number of hydrogen-bond acceptors (Lipinski definition) is 7. The van der Waals surface area contributed by atoms with Crippen LogP contribution in [0.25, 0.3) is 11.1 Å². The lowest BCUT2D eigenvalue weighted by molar-refractivity contribution is -0.129. The van der Waals surface area contributed by atoms with Crippen molar-refractivity contribution in [3.63, 3.8) is 0 Å². The van der Waals surface area contributed by atoms with E-state index >= 15 is 0 Å². The fraction of sp³-hybridized carbons (Fsp3) is 0.220.